The number of carboxylic acid groups (broad SMARTS) is 1. The lowest BCUT2D eigenvalue weighted by atomic mass is 9.87. The van der Waals surface area contributed by atoms with Gasteiger partial charge in [0, 0.05) is 19.1 Å². The third-order valence-electron chi connectivity index (χ3n) is 3.83. The molecule has 1 fully saturated rings. The molecule has 0 aliphatic carbocycles. The largest absolute Gasteiger partial charge is 0.481 e. The third-order valence-corrected chi connectivity index (χ3v) is 3.83. The van der Waals surface area contributed by atoms with Gasteiger partial charge in [-0.05, 0) is 24.5 Å². The van der Waals surface area contributed by atoms with E-state index in [2.05, 4.69) is 48.7 Å². The maximum absolute atomic E-state index is 10.9. The Bertz CT molecular complexity index is 438. The Balaban J connectivity index is 2.02. The summed E-state index contributed by atoms with van der Waals surface area (Å²) in [5.41, 5.74) is 2.23. The van der Waals surface area contributed by atoms with E-state index in [0.717, 1.165) is 19.5 Å². The van der Waals surface area contributed by atoms with Crippen LogP contribution in [0.15, 0.2) is 24.3 Å². The van der Waals surface area contributed by atoms with Crippen LogP contribution in [0.2, 0.25) is 0 Å². The number of aliphatic carboxylic acids is 1. The first-order valence-electron chi connectivity index (χ1n) is 6.84. The summed E-state index contributed by atoms with van der Waals surface area (Å²) in [6, 6.07) is 8.67. The zero-order chi connectivity index (χ0) is 13.9. The van der Waals surface area contributed by atoms with Crippen molar-refractivity contribution >= 4 is 5.97 Å². The lowest BCUT2D eigenvalue weighted by Crippen LogP contribution is -2.68. The van der Waals surface area contributed by atoms with Gasteiger partial charge in [-0.2, -0.15) is 0 Å². The van der Waals surface area contributed by atoms with Crippen LogP contribution in [0.3, 0.4) is 0 Å². The van der Waals surface area contributed by atoms with Crippen molar-refractivity contribution in [3.8, 4) is 0 Å². The van der Waals surface area contributed by atoms with Crippen molar-refractivity contribution in [2.24, 2.45) is 0 Å². The molecule has 1 aromatic rings. The van der Waals surface area contributed by atoms with Gasteiger partial charge in [0.05, 0.1) is 12.0 Å². The Kier molecular flexibility index (Phi) is 4.22. The molecule has 4 nitrogen and oxygen atoms in total. The van der Waals surface area contributed by atoms with Crippen molar-refractivity contribution < 1.29 is 9.90 Å². The minimum atomic E-state index is -0.748. The summed E-state index contributed by atoms with van der Waals surface area (Å²) in [6.45, 7) is 5.66. The van der Waals surface area contributed by atoms with Gasteiger partial charge in [0.2, 0.25) is 0 Å². The van der Waals surface area contributed by atoms with Crippen LogP contribution in [0.5, 0.6) is 0 Å². The van der Waals surface area contributed by atoms with Gasteiger partial charge in [0.25, 0.3) is 0 Å². The van der Waals surface area contributed by atoms with E-state index in [-0.39, 0.29) is 18.0 Å². The van der Waals surface area contributed by atoms with Crippen LogP contribution in [-0.2, 0) is 11.2 Å². The van der Waals surface area contributed by atoms with Crippen molar-refractivity contribution in [2.45, 2.75) is 38.3 Å². The monoisotopic (exact) mass is 262 g/mol. The SMILES string of the molecule is CCc1ccc(C(C)NC2(CC(=O)O)CNC2)cc1. The van der Waals surface area contributed by atoms with Crippen LogP contribution >= 0.6 is 0 Å². The van der Waals surface area contributed by atoms with E-state index in [1.807, 2.05) is 0 Å². The van der Waals surface area contributed by atoms with Gasteiger partial charge in [-0.25, -0.2) is 0 Å². The molecule has 104 valence electrons. The zero-order valence-electron chi connectivity index (χ0n) is 11.6. The van der Waals surface area contributed by atoms with Gasteiger partial charge in [-0.3, -0.25) is 4.79 Å². The predicted molar refractivity (Wildman–Crippen MR) is 75.2 cm³/mol. The van der Waals surface area contributed by atoms with E-state index in [1.54, 1.807) is 0 Å². The number of carboxylic acids is 1. The molecule has 1 aliphatic heterocycles. The number of carbonyl (C=O) groups is 1. The first-order chi connectivity index (χ1) is 9.04. The molecule has 1 aliphatic rings. The summed E-state index contributed by atoms with van der Waals surface area (Å²) in [7, 11) is 0. The second-order valence-corrected chi connectivity index (χ2v) is 5.42. The number of benzene rings is 1. The van der Waals surface area contributed by atoms with Gasteiger partial charge in [-0.1, -0.05) is 31.2 Å². The number of hydrogen-bond donors (Lipinski definition) is 3. The standard InChI is InChI=1S/C15H22N2O2/c1-3-12-4-6-13(7-5-12)11(2)17-15(8-14(18)19)9-16-10-15/h4-7,11,16-17H,3,8-10H2,1-2H3,(H,18,19). The highest BCUT2D eigenvalue weighted by atomic mass is 16.4. The molecule has 19 heavy (non-hydrogen) atoms. The normalized spacial score (nSPS) is 18.6. The molecule has 0 spiro atoms. The molecule has 1 unspecified atom stereocenters. The summed E-state index contributed by atoms with van der Waals surface area (Å²) in [6.07, 6.45) is 1.20. The van der Waals surface area contributed by atoms with E-state index in [0.29, 0.717) is 0 Å². The fraction of sp³-hybridized carbons (Fsp3) is 0.533. The molecule has 3 N–H and O–H groups in total. The number of nitrogens with one attached hydrogen (secondary N) is 2. The molecule has 0 aromatic heterocycles. The molecule has 1 aromatic carbocycles. The average Bonchev–Trinajstić information content (AvgIpc) is 2.35. The fourth-order valence-corrected chi connectivity index (χ4v) is 2.58. The molecule has 1 atom stereocenters. The van der Waals surface area contributed by atoms with E-state index < -0.39 is 5.97 Å². The Morgan fingerprint density at radius 1 is 1.42 bits per heavy atom. The summed E-state index contributed by atoms with van der Waals surface area (Å²) in [5, 5.41) is 15.6. The molecule has 4 heteroatoms. The first kappa shape index (κ1) is 14.0. The molecule has 0 saturated carbocycles. The van der Waals surface area contributed by atoms with E-state index in [4.69, 9.17) is 5.11 Å². The van der Waals surface area contributed by atoms with Gasteiger partial charge in [0.15, 0.2) is 0 Å². The van der Waals surface area contributed by atoms with Crippen LogP contribution in [0.25, 0.3) is 0 Å². The molecule has 2 rings (SSSR count). The minimum Gasteiger partial charge on any atom is -0.481 e. The Morgan fingerprint density at radius 2 is 2.05 bits per heavy atom. The number of aryl methyl sites for hydroxylation is 1. The van der Waals surface area contributed by atoms with Crippen LogP contribution in [0, 0.1) is 0 Å². The Labute approximate surface area is 114 Å². The molecule has 0 radical (unpaired) electrons. The quantitative estimate of drug-likeness (QED) is 0.730. The van der Waals surface area contributed by atoms with Gasteiger partial charge in [0.1, 0.15) is 0 Å². The van der Waals surface area contributed by atoms with Crippen molar-refractivity contribution in [1.82, 2.24) is 10.6 Å². The minimum absolute atomic E-state index is 0.160. The number of rotatable bonds is 6. The van der Waals surface area contributed by atoms with E-state index in [1.165, 1.54) is 11.1 Å². The van der Waals surface area contributed by atoms with E-state index in [9.17, 15) is 4.79 Å². The summed E-state index contributed by atoms with van der Waals surface area (Å²) < 4.78 is 0. The maximum atomic E-state index is 10.9. The van der Waals surface area contributed by atoms with Gasteiger partial charge in [-0.15, -0.1) is 0 Å². The molecule has 1 heterocycles. The topological polar surface area (TPSA) is 61.4 Å². The third kappa shape index (κ3) is 3.33. The van der Waals surface area contributed by atoms with Crippen molar-refractivity contribution in [3.05, 3.63) is 35.4 Å². The van der Waals surface area contributed by atoms with Gasteiger partial charge >= 0.3 is 5.97 Å². The molecular formula is C15H22N2O2. The summed E-state index contributed by atoms with van der Waals surface area (Å²) in [4.78, 5) is 10.9. The highest BCUT2D eigenvalue weighted by Crippen LogP contribution is 2.23. The second kappa shape index (κ2) is 5.72. The Hall–Kier alpha value is -1.39. The molecule has 1 saturated heterocycles. The smallest absolute Gasteiger partial charge is 0.305 e. The van der Waals surface area contributed by atoms with E-state index >= 15 is 0 Å². The predicted octanol–water partition coefficient (Wildman–Crippen LogP) is 1.72. The van der Waals surface area contributed by atoms with Crippen LogP contribution in [0.4, 0.5) is 0 Å². The van der Waals surface area contributed by atoms with Gasteiger partial charge < -0.3 is 15.7 Å². The van der Waals surface area contributed by atoms with Crippen molar-refractivity contribution in [3.63, 3.8) is 0 Å². The first-order valence-corrected chi connectivity index (χ1v) is 6.84. The highest BCUT2D eigenvalue weighted by molar-refractivity contribution is 5.68. The molecule has 0 bridgehead atoms. The fourth-order valence-electron chi connectivity index (χ4n) is 2.58. The van der Waals surface area contributed by atoms with Crippen LogP contribution < -0.4 is 10.6 Å². The molecule has 0 amide bonds. The average molecular weight is 262 g/mol. The maximum Gasteiger partial charge on any atom is 0.305 e. The summed E-state index contributed by atoms with van der Waals surface area (Å²) >= 11 is 0. The molecular weight excluding hydrogens is 240 g/mol. The lowest BCUT2D eigenvalue weighted by molar-refractivity contribution is -0.139. The van der Waals surface area contributed by atoms with Crippen LogP contribution in [0.1, 0.15) is 37.4 Å². The van der Waals surface area contributed by atoms with Crippen LogP contribution in [-0.4, -0.2) is 29.7 Å². The second-order valence-electron chi connectivity index (χ2n) is 5.42. The Morgan fingerprint density at radius 3 is 2.47 bits per heavy atom. The summed E-state index contributed by atoms with van der Waals surface area (Å²) in [5.74, 6) is -0.748. The van der Waals surface area contributed by atoms with Crippen molar-refractivity contribution in [1.29, 1.82) is 0 Å². The lowest BCUT2D eigenvalue weighted by Gasteiger charge is -2.44. The highest BCUT2D eigenvalue weighted by Gasteiger charge is 2.39. The zero-order valence-corrected chi connectivity index (χ0v) is 11.6. The van der Waals surface area contributed by atoms with Crippen molar-refractivity contribution in [2.75, 3.05) is 13.1 Å². The number of hydrogen-bond acceptors (Lipinski definition) is 3.